The Balaban J connectivity index is 1.42. The van der Waals surface area contributed by atoms with E-state index >= 15 is 0 Å². The highest BCUT2D eigenvalue weighted by atomic mass is 16.3. The van der Waals surface area contributed by atoms with Gasteiger partial charge in [-0.05, 0) is 57.3 Å². The summed E-state index contributed by atoms with van der Waals surface area (Å²) in [4.78, 5) is 23.9. The van der Waals surface area contributed by atoms with Crippen molar-refractivity contribution in [2.75, 3.05) is 50.7 Å². The summed E-state index contributed by atoms with van der Waals surface area (Å²) in [5.41, 5.74) is 0.947. The molecule has 1 N–H and O–H groups in total. The Bertz CT molecular complexity index is 647. The lowest BCUT2D eigenvalue weighted by atomic mass is 9.71. The van der Waals surface area contributed by atoms with Gasteiger partial charge >= 0.3 is 0 Å². The number of carbonyl (C=O) groups excluding carboxylic acids is 1. The standard InChI is InChI=1S/C22H34N4O2/c27-20-8-15-25(19-6-10-23-11-7-19)17-22(20)9-5-14-26(18-22)21(28)16-24-12-3-1-2-4-13-24/h6-7,10-11,20,27H,1-5,8-9,12-18H2/t20-,22-/m1/s1. The van der Waals surface area contributed by atoms with Crippen LogP contribution >= 0.6 is 0 Å². The van der Waals surface area contributed by atoms with Gasteiger partial charge in [0.05, 0.1) is 12.6 Å². The van der Waals surface area contributed by atoms with Gasteiger partial charge in [0.2, 0.25) is 5.91 Å². The molecule has 4 heterocycles. The quantitative estimate of drug-likeness (QED) is 0.862. The third-order valence-electron chi connectivity index (χ3n) is 6.93. The predicted molar refractivity (Wildman–Crippen MR) is 110 cm³/mol. The lowest BCUT2D eigenvalue weighted by Crippen LogP contribution is -2.60. The Morgan fingerprint density at radius 3 is 2.54 bits per heavy atom. The van der Waals surface area contributed by atoms with Crippen molar-refractivity contribution in [3.8, 4) is 0 Å². The molecule has 0 saturated carbocycles. The van der Waals surface area contributed by atoms with Gasteiger partial charge in [0.1, 0.15) is 0 Å². The topological polar surface area (TPSA) is 59.9 Å². The van der Waals surface area contributed by atoms with E-state index in [4.69, 9.17) is 0 Å². The molecule has 6 nitrogen and oxygen atoms in total. The van der Waals surface area contributed by atoms with Gasteiger partial charge in [0.25, 0.3) is 0 Å². The minimum absolute atomic E-state index is 0.214. The molecule has 0 bridgehead atoms. The van der Waals surface area contributed by atoms with Crippen molar-refractivity contribution in [1.82, 2.24) is 14.8 Å². The van der Waals surface area contributed by atoms with Crippen LogP contribution in [0.3, 0.4) is 0 Å². The monoisotopic (exact) mass is 386 g/mol. The van der Waals surface area contributed by atoms with Crippen LogP contribution in [0.25, 0.3) is 0 Å². The van der Waals surface area contributed by atoms with E-state index < -0.39 is 0 Å². The van der Waals surface area contributed by atoms with Crippen molar-refractivity contribution in [2.45, 2.75) is 51.0 Å². The van der Waals surface area contributed by atoms with Crippen LogP contribution in [0.15, 0.2) is 24.5 Å². The van der Waals surface area contributed by atoms with E-state index in [0.717, 1.165) is 57.7 Å². The zero-order chi connectivity index (χ0) is 19.4. The van der Waals surface area contributed by atoms with Gasteiger partial charge < -0.3 is 14.9 Å². The molecule has 4 rings (SSSR count). The van der Waals surface area contributed by atoms with Gasteiger partial charge in [-0.1, -0.05) is 12.8 Å². The number of aromatic nitrogens is 1. The fourth-order valence-corrected chi connectivity index (χ4v) is 5.28. The van der Waals surface area contributed by atoms with Crippen LogP contribution in [-0.4, -0.2) is 77.7 Å². The molecule has 6 heteroatoms. The zero-order valence-electron chi connectivity index (χ0n) is 16.9. The lowest BCUT2D eigenvalue weighted by Gasteiger charge is -2.51. The molecular formula is C22H34N4O2. The van der Waals surface area contributed by atoms with E-state index in [1.54, 1.807) is 0 Å². The molecule has 0 aromatic carbocycles. The number of anilines is 1. The number of nitrogens with zero attached hydrogens (tertiary/aromatic N) is 4. The molecule has 3 fully saturated rings. The second-order valence-corrected chi connectivity index (χ2v) is 8.90. The number of likely N-dealkylation sites (tertiary alicyclic amines) is 2. The van der Waals surface area contributed by atoms with Crippen molar-refractivity contribution < 1.29 is 9.90 Å². The number of aliphatic hydroxyl groups is 1. The summed E-state index contributed by atoms with van der Waals surface area (Å²) in [5.74, 6) is 0.245. The molecule has 1 aromatic heterocycles. The molecule has 1 spiro atoms. The van der Waals surface area contributed by atoms with Crippen molar-refractivity contribution in [2.24, 2.45) is 5.41 Å². The average Bonchev–Trinajstić information content (AvgIpc) is 3.00. The molecule has 3 saturated heterocycles. The van der Waals surface area contributed by atoms with Crippen molar-refractivity contribution in [1.29, 1.82) is 0 Å². The minimum Gasteiger partial charge on any atom is -0.392 e. The van der Waals surface area contributed by atoms with Gasteiger partial charge in [-0.25, -0.2) is 0 Å². The molecular weight excluding hydrogens is 352 g/mol. The maximum absolute atomic E-state index is 13.0. The van der Waals surface area contributed by atoms with Gasteiger partial charge in [0, 0.05) is 49.7 Å². The highest BCUT2D eigenvalue weighted by Gasteiger charge is 2.46. The molecule has 1 amide bonds. The Labute approximate surface area is 168 Å². The van der Waals surface area contributed by atoms with Crippen molar-refractivity contribution in [3.05, 3.63) is 24.5 Å². The Hall–Kier alpha value is -1.66. The van der Waals surface area contributed by atoms with E-state index in [1.165, 1.54) is 25.7 Å². The molecule has 3 aliphatic heterocycles. The second-order valence-electron chi connectivity index (χ2n) is 8.90. The van der Waals surface area contributed by atoms with Gasteiger partial charge in [0.15, 0.2) is 0 Å². The van der Waals surface area contributed by atoms with Crippen molar-refractivity contribution >= 4 is 11.6 Å². The Kier molecular flexibility index (Phi) is 6.16. The largest absolute Gasteiger partial charge is 0.392 e. The van der Waals surface area contributed by atoms with E-state index in [9.17, 15) is 9.90 Å². The third-order valence-corrected chi connectivity index (χ3v) is 6.93. The molecule has 1 aromatic rings. The summed E-state index contributed by atoms with van der Waals surface area (Å²) < 4.78 is 0. The number of rotatable bonds is 3. The fourth-order valence-electron chi connectivity index (χ4n) is 5.28. The van der Waals surface area contributed by atoms with E-state index in [0.29, 0.717) is 13.1 Å². The molecule has 28 heavy (non-hydrogen) atoms. The van der Waals surface area contributed by atoms with Crippen LogP contribution in [-0.2, 0) is 4.79 Å². The molecule has 0 aliphatic carbocycles. The maximum atomic E-state index is 13.0. The first kappa shape index (κ1) is 19.6. The van der Waals surface area contributed by atoms with Crippen molar-refractivity contribution in [3.63, 3.8) is 0 Å². The molecule has 3 aliphatic rings. The number of hydrogen-bond donors (Lipinski definition) is 1. The highest BCUT2D eigenvalue weighted by Crippen LogP contribution is 2.40. The molecule has 2 atom stereocenters. The SMILES string of the molecule is O=C(CN1CCCCCC1)N1CCC[C@]2(C1)CN(c1ccncc1)CC[C@H]2O. The molecule has 154 valence electrons. The first-order valence-electron chi connectivity index (χ1n) is 11.0. The Morgan fingerprint density at radius 1 is 1.04 bits per heavy atom. The summed E-state index contributed by atoms with van der Waals surface area (Å²) in [7, 11) is 0. The summed E-state index contributed by atoms with van der Waals surface area (Å²) in [6.07, 6.45) is 11.0. The summed E-state index contributed by atoms with van der Waals surface area (Å²) in [6, 6.07) is 4.08. The summed E-state index contributed by atoms with van der Waals surface area (Å²) in [5, 5.41) is 10.9. The van der Waals surface area contributed by atoms with Crippen LogP contribution in [0, 0.1) is 5.41 Å². The average molecular weight is 387 g/mol. The second kappa shape index (κ2) is 8.78. The number of piperidine rings is 2. The number of hydrogen-bond acceptors (Lipinski definition) is 5. The van der Waals surface area contributed by atoms with Crippen LogP contribution in [0.4, 0.5) is 5.69 Å². The lowest BCUT2D eigenvalue weighted by molar-refractivity contribution is -0.139. The van der Waals surface area contributed by atoms with Crippen LogP contribution in [0.1, 0.15) is 44.9 Å². The van der Waals surface area contributed by atoms with E-state index in [1.807, 2.05) is 29.4 Å². The Morgan fingerprint density at radius 2 is 1.79 bits per heavy atom. The highest BCUT2D eigenvalue weighted by molar-refractivity contribution is 5.78. The number of carbonyl (C=O) groups is 1. The first-order valence-corrected chi connectivity index (χ1v) is 11.0. The smallest absolute Gasteiger partial charge is 0.236 e. The predicted octanol–water partition coefficient (Wildman–Crippen LogP) is 2.14. The van der Waals surface area contributed by atoms with E-state index in [2.05, 4.69) is 14.8 Å². The summed E-state index contributed by atoms with van der Waals surface area (Å²) >= 11 is 0. The van der Waals surface area contributed by atoms with Crippen LogP contribution in [0.2, 0.25) is 0 Å². The van der Waals surface area contributed by atoms with Gasteiger partial charge in [-0.2, -0.15) is 0 Å². The molecule has 0 unspecified atom stereocenters. The normalized spacial score (nSPS) is 29.7. The summed E-state index contributed by atoms with van der Waals surface area (Å²) in [6.45, 7) is 5.81. The zero-order valence-corrected chi connectivity index (χ0v) is 16.9. The molecule has 0 radical (unpaired) electrons. The van der Waals surface area contributed by atoms with Crippen LogP contribution < -0.4 is 4.90 Å². The fraction of sp³-hybridized carbons (Fsp3) is 0.727. The first-order chi connectivity index (χ1) is 13.7. The minimum atomic E-state index is -0.334. The van der Waals surface area contributed by atoms with Crippen LogP contribution in [0.5, 0.6) is 0 Å². The number of pyridine rings is 1. The van der Waals surface area contributed by atoms with Gasteiger partial charge in [-0.15, -0.1) is 0 Å². The van der Waals surface area contributed by atoms with Gasteiger partial charge in [-0.3, -0.25) is 14.7 Å². The van der Waals surface area contributed by atoms with E-state index in [-0.39, 0.29) is 17.4 Å². The maximum Gasteiger partial charge on any atom is 0.236 e. The third kappa shape index (κ3) is 4.33. The number of aliphatic hydroxyl groups excluding tert-OH is 1. The number of amides is 1.